The van der Waals surface area contributed by atoms with Crippen molar-refractivity contribution >= 4 is 17.2 Å². The maximum atomic E-state index is 12.7. The van der Waals surface area contributed by atoms with Crippen LogP contribution >= 0.6 is 11.3 Å². The topological polar surface area (TPSA) is 85.8 Å². The van der Waals surface area contributed by atoms with Gasteiger partial charge < -0.3 is 9.73 Å². The number of benzene rings is 1. The zero-order valence-corrected chi connectivity index (χ0v) is 18.6. The lowest BCUT2D eigenvalue weighted by Gasteiger charge is -2.11. The number of carbonyl (C=O) groups excluding carboxylic acids is 1. The van der Waals surface area contributed by atoms with Crippen molar-refractivity contribution in [1.29, 1.82) is 0 Å². The first kappa shape index (κ1) is 21.0. The zero-order valence-electron chi connectivity index (χ0n) is 17.8. The highest BCUT2D eigenvalue weighted by molar-refractivity contribution is 7.09. The molecule has 0 saturated carbocycles. The average molecular weight is 436 g/mol. The third-order valence-corrected chi connectivity index (χ3v) is 5.67. The van der Waals surface area contributed by atoms with Crippen molar-refractivity contribution in [2.24, 2.45) is 5.92 Å². The van der Waals surface area contributed by atoms with E-state index in [2.05, 4.69) is 35.4 Å². The van der Waals surface area contributed by atoms with E-state index in [1.165, 1.54) is 4.88 Å². The van der Waals surface area contributed by atoms with Crippen molar-refractivity contribution in [3.8, 4) is 17.3 Å². The number of hydrogen-bond donors (Lipinski definition) is 1. The van der Waals surface area contributed by atoms with Gasteiger partial charge in [-0.2, -0.15) is 5.10 Å². The Kier molecular flexibility index (Phi) is 6.27. The van der Waals surface area contributed by atoms with Gasteiger partial charge in [-0.15, -0.1) is 21.5 Å². The van der Waals surface area contributed by atoms with Crippen LogP contribution < -0.4 is 5.32 Å². The van der Waals surface area contributed by atoms with Crippen molar-refractivity contribution in [2.45, 2.75) is 33.6 Å². The lowest BCUT2D eigenvalue weighted by molar-refractivity contribution is 0.0954. The summed E-state index contributed by atoms with van der Waals surface area (Å²) in [6, 6.07) is 13.6. The molecule has 0 fully saturated rings. The molecule has 4 aromatic rings. The number of nitrogens with zero attached hydrogens (tertiary/aromatic N) is 4. The number of amides is 1. The van der Waals surface area contributed by atoms with E-state index in [9.17, 15) is 4.79 Å². The van der Waals surface area contributed by atoms with E-state index in [1.54, 1.807) is 18.3 Å². The summed E-state index contributed by atoms with van der Waals surface area (Å²) in [5.74, 6) is 1.24. The standard InChI is InChI=1S/C23H25N5O2S/c1-15(2)12-19-14-21(23-26-25-16(3)30-23)27-28(19)18-7-4-6-17(13-18)22(29)24-10-9-20-8-5-11-31-20/h4-8,11,13-15H,9-10,12H2,1-3H3,(H,24,29). The molecule has 0 aliphatic carbocycles. The minimum atomic E-state index is -0.0938. The summed E-state index contributed by atoms with van der Waals surface area (Å²) in [5.41, 5.74) is 3.08. The minimum absolute atomic E-state index is 0.0938. The van der Waals surface area contributed by atoms with Gasteiger partial charge in [0.2, 0.25) is 5.89 Å². The lowest BCUT2D eigenvalue weighted by Crippen LogP contribution is -2.25. The van der Waals surface area contributed by atoms with Crippen LogP contribution in [-0.2, 0) is 12.8 Å². The van der Waals surface area contributed by atoms with Crippen molar-refractivity contribution in [3.05, 3.63) is 69.9 Å². The lowest BCUT2D eigenvalue weighted by atomic mass is 10.1. The normalized spacial score (nSPS) is 11.2. The number of hydrogen-bond acceptors (Lipinski definition) is 6. The Morgan fingerprint density at radius 1 is 1.19 bits per heavy atom. The Morgan fingerprint density at radius 3 is 2.77 bits per heavy atom. The monoisotopic (exact) mass is 435 g/mol. The first-order valence-electron chi connectivity index (χ1n) is 10.3. The smallest absolute Gasteiger partial charge is 0.268 e. The van der Waals surface area contributed by atoms with E-state index in [0.29, 0.717) is 35.5 Å². The van der Waals surface area contributed by atoms with Gasteiger partial charge in [-0.3, -0.25) is 4.79 Å². The van der Waals surface area contributed by atoms with Crippen LogP contribution in [0.2, 0.25) is 0 Å². The number of thiophene rings is 1. The van der Waals surface area contributed by atoms with Crippen LogP contribution in [0.5, 0.6) is 0 Å². The Balaban J connectivity index is 1.57. The fourth-order valence-corrected chi connectivity index (χ4v) is 4.06. The Bertz CT molecular complexity index is 1160. The number of carbonyl (C=O) groups is 1. The largest absolute Gasteiger partial charge is 0.420 e. The second-order valence-corrected chi connectivity index (χ2v) is 8.82. The van der Waals surface area contributed by atoms with Crippen LogP contribution in [0, 0.1) is 12.8 Å². The summed E-state index contributed by atoms with van der Waals surface area (Å²) in [5, 5.41) is 17.7. The molecule has 3 aromatic heterocycles. The number of aromatic nitrogens is 4. The van der Waals surface area contributed by atoms with E-state index in [-0.39, 0.29) is 5.91 Å². The van der Waals surface area contributed by atoms with E-state index in [1.807, 2.05) is 46.5 Å². The van der Waals surface area contributed by atoms with Gasteiger partial charge >= 0.3 is 0 Å². The molecule has 0 radical (unpaired) electrons. The molecule has 0 saturated heterocycles. The van der Waals surface area contributed by atoms with E-state index in [4.69, 9.17) is 9.52 Å². The van der Waals surface area contributed by atoms with Gasteiger partial charge in [0.15, 0.2) is 0 Å². The summed E-state index contributed by atoms with van der Waals surface area (Å²) in [6.45, 7) is 6.67. The number of nitrogens with one attached hydrogen (secondary N) is 1. The molecular weight excluding hydrogens is 410 g/mol. The third kappa shape index (κ3) is 5.08. The molecule has 4 rings (SSSR count). The predicted octanol–water partition coefficient (Wildman–Crippen LogP) is 4.46. The van der Waals surface area contributed by atoms with Crippen LogP contribution in [0.15, 0.2) is 52.3 Å². The quantitative estimate of drug-likeness (QED) is 0.441. The molecule has 1 aromatic carbocycles. The van der Waals surface area contributed by atoms with Crippen molar-refractivity contribution in [3.63, 3.8) is 0 Å². The summed E-state index contributed by atoms with van der Waals surface area (Å²) in [7, 11) is 0. The molecule has 0 bridgehead atoms. The first-order chi connectivity index (χ1) is 15.0. The molecule has 1 N–H and O–H groups in total. The van der Waals surface area contributed by atoms with Crippen LogP contribution in [0.25, 0.3) is 17.3 Å². The average Bonchev–Trinajstić information content (AvgIpc) is 3.49. The zero-order chi connectivity index (χ0) is 21.8. The highest BCUT2D eigenvalue weighted by atomic mass is 32.1. The predicted molar refractivity (Wildman–Crippen MR) is 120 cm³/mol. The fourth-order valence-electron chi connectivity index (χ4n) is 3.35. The number of aryl methyl sites for hydroxylation is 1. The van der Waals surface area contributed by atoms with Crippen LogP contribution in [-0.4, -0.2) is 32.4 Å². The maximum Gasteiger partial charge on any atom is 0.268 e. The van der Waals surface area contributed by atoms with Gasteiger partial charge in [0.1, 0.15) is 5.69 Å². The molecule has 7 nitrogen and oxygen atoms in total. The molecule has 1 amide bonds. The summed E-state index contributed by atoms with van der Waals surface area (Å²) >= 11 is 1.70. The second kappa shape index (κ2) is 9.26. The second-order valence-electron chi connectivity index (χ2n) is 7.79. The first-order valence-corrected chi connectivity index (χ1v) is 11.2. The fraction of sp³-hybridized carbons (Fsp3) is 0.304. The maximum absolute atomic E-state index is 12.7. The summed E-state index contributed by atoms with van der Waals surface area (Å²) in [4.78, 5) is 13.9. The van der Waals surface area contributed by atoms with Crippen LogP contribution in [0.4, 0.5) is 0 Å². The Hall–Kier alpha value is -3.26. The van der Waals surface area contributed by atoms with Crippen molar-refractivity contribution in [1.82, 2.24) is 25.3 Å². The molecule has 0 aliphatic rings. The molecule has 160 valence electrons. The highest BCUT2D eigenvalue weighted by Crippen LogP contribution is 2.23. The van der Waals surface area contributed by atoms with E-state index < -0.39 is 0 Å². The molecule has 8 heteroatoms. The van der Waals surface area contributed by atoms with Gasteiger partial charge in [0.25, 0.3) is 11.8 Å². The molecule has 3 heterocycles. The van der Waals surface area contributed by atoms with Crippen LogP contribution in [0.3, 0.4) is 0 Å². The highest BCUT2D eigenvalue weighted by Gasteiger charge is 2.17. The Labute approximate surface area is 185 Å². The molecule has 0 aliphatic heterocycles. The molecule has 31 heavy (non-hydrogen) atoms. The number of rotatable bonds is 8. The van der Waals surface area contributed by atoms with Gasteiger partial charge in [0, 0.05) is 29.6 Å². The molecule has 0 spiro atoms. The van der Waals surface area contributed by atoms with Gasteiger partial charge in [-0.05, 0) is 54.5 Å². The molecule has 0 unspecified atom stereocenters. The van der Waals surface area contributed by atoms with E-state index >= 15 is 0 Å². The molecular formula is C23H25N5O2S. The van der Waals surface area contributed by atoms with Gasteiger partial charge in [-0.1, -0.05) is 26.0 Å². The summed E-state index contributed by atoms with van der Waals surface area (Å²) < 4.78 is 7.41. The SMILES string of the molecule is Cc1nnc(-c2cc(CC(C)C)n(-c3cccc(C(=O)NCCc4cccs4)c3)n2)o1. The van der Waals surface area contributed by atoms with Crippen LogP contribution in [0.1, 0.15) is 40.7 Å². The third-order valence-electron chi connectivity index (χ3n) is 4.74. The van der Waals surface area contributed by atoms with Crippen molar-refractivity contribution in [2.75, 3.05) is 6.54 Å². The van der Waals surface area contributed by atoms with E-state index in [0.717, 1.165) is 24.2 Å². The van der Waals surface area contributed by atoms with Gasteiger partial charge in [0.05, 0.1) is 5.69 Å². The summed E-state index contributed by atoms with van der Waals surface area (Å²) in [6.07, 6.45) is 1.66. The van der Waals surface area contributed by atoms with Crippen molar-refractivity contribution < 1.29 is 9.21 Å². The minimum Gasteiger partial charge on any atom is -0.420 e. The van der Waals surface area contributed by atoms with Gasteiger partial charge in [-0.25, -0.2) is 4.68 Å². The molecule has 0 atom stereocenters. The Morgan fingerprint density at radius 2 is 2.06 bits per heavy atom.